The Morgan fingerprint density at radius 3 is 2.30 bits per heavy atom. The lowest BCUT2D eigenvalue weighted by Crippen LogP contribution is -2.34. The summed E-state index contributed by atoms with van der Waals surface area (Å²) in [7, 11) is -0.312. The van der Waals surface area contributed by atoms with Crippen molar-refractivity contribution >= 4 is 31.6 Å². The van der Waals surface area contributed by atoms with Crippen molar-refractivity contribution in [3.63, 3.8) is 0 Å². The maximum Gasteiger partial charge on any atom is 0.244 e. The van der Waals surface area contributed by atoms with Gasteiger partial charge in [0, 0.05) is 32.0 Å². The molecule has 0 amide bonds. The number of alkyl halides is 1. The molecule has 0 atom stereocenters. The number of hydrogen-bond acceptors (Lipinski definition) is 3. The third kappa shape index (κ3) is 3.96. The van der Waals surface area contributed by atoms with Gasteiger partial charge < -0.3 is 4.90 Å². The smallest absolute Gasteiger partial charge is 0.244 e. The predicted molar refractivity (Wildman–Crippen MR) is 88.2 cm³/mol. The molecule has 1 rings (SSSR count). The lowest BCUT2D eigenvalue weighted by molar-refractivity contribution is 0.520. The average molecular weight is 363 g/mol. The summed E-state index contributed by atoms with van der Waals surface area (Å²) in [6, 6.07) is 7.45. The molecule has 0 fully saturated rings. The van der Waals surface area contributed by atoms with Gasteiger partial charge in [-0.15, -0.1) is 0 Å². The summed E-state index contributed by atoms with van der Waals surface area (Å²) in [6.07, 6.45) is 0.967. The van der Waals surface area contributed by atoms with E-state index in [1.807, 2.05) is 12.1 Å². The summed E-state index contributed by atoms with van der Waals surface area (Å²) >= 11 is 3.43. The van der Waals surface area contributed by atoms with Gasteiger partial charge in [-0.3, -0.25) is 0 Å². The van der Waals surface area contributed by atoms with Gasteiger partial charge in [0.05, 0.1) is 5.69 Å². The molecule has 0 radical (unpaired) electrons. The Kier molecular flexibility index (Phi) is 6.48. The lowest BCUT2D eigenvalue weighted by Gasteiger charge is -2.31. The van der Waals surface area contributed by atoms with Crippen LogP contribution in [0, 0.1) is 0 Å². The molecule has 0 aliphatic heterocycles. The van der Waals surface area contributed by atoms with Crippen LogP contribution >= 0.6 is 15.9 Å². The Bertz CT molecular complexity index is 530. The molecule has 0 spiro atoms. The van der Waals surface area contributed by atoms with Gasteiger partial charge in [0.1, 0.15) is 4.90 Å². The maximum absolute atomic E-state index is 12.4. The van der Waals surface area contributed by atoms with Gasteiger partial charge >= 0.3 is 0 Å². The number of anilines is 1. The predicted octanol–water partition coefficient (Wildman–Crippen LogP) is 2.94. The van der Waals surface area contributed by atoms with Gasteiger partial charge in [0.25, 0.3) is 0 Å². The summed E-state index contributed by atoms with van der Waals surface area (Å²) in [6.45, 7) is 4.98. The van der Waals surface area contributed by atoms with Crippen molar-refractivity contribution in [2.45, 2.75) is 31.2 Å². The number of halogens is 1. The van der Waals surface area contributed by atoms with Crippen molar-refractivity contribution in [1.82, 2.24) is 4.31 Å². The number of para-hydroxylation sites is 1. The SMILES string of the molecule is CC(C)N(CCCBr)c1ccccc1S(=O)(=O)N(C)C. The highest BCUT2D eigenvalue weighted by atomic mass is 79.9. The molecule has 4 nitrogen and oxygen atoms in total. The second-order valence-electron chi connectivity index (χ2n) is 5.08. The van der Waals surface area contributed by atoms with E-state index in [-0.39, 0.29) is 6.04 Å². The van der Waals surface area contributed by atoms with Gasteiger partial charge in [-0.05, 0) is 32.4 Å². The van der Waals surface area contributed by atoms with E-state index in [1.165, 1.54) is 4.31 Å². The van der Waals surface area contributed by atoms with Crippen LogP contribution in [0.3, 0.4) is 0 Å². The van der Waals surface area contributed by atoms with Crippen molar-refractivity contribution in [3.8, 4) is 0 Å². The molecule has 0 aromatic heterocycles. The van der Waals surface area contributed by atoms with Crippen LogP contribution in [0.1, 0.15) is 20.3 Å². The molecule has 0 aliphatic rings. The first-order valence-corrected chi connectivity index (χ1v) is 9.22. The van der Waals surface area contributed by atoms with E-state index in [0.29, 0.717) is 4.90 Å². The average Bonchev–Trinajstić information content (AvgIpc) is 2.39. The fourth-order valence-electron chi connectivity index (χ4n) is 2.00. The van der Waals surface area contributed by atoms with Crippen molar-refractivity contribution in [1.29, 1.82) is 0 Å². The molecule has 114 valence electrons. The monoisotopic (exact) mass is 362 g/mol. The number of sulfonamides is 1. The number of nitrogens with zero attached hydrogens (tertiary/aromatic N) is 2. The summed E-state index contributed by atoms with van der Waals surface area (Å²) in [5.41, 5.74) is 0.775. The van der Waals surface area contributed by atoms with E-state index in [0.717, 1.165) is 24.0 Å². The minimum atomic E-state index is -3.43. The molecule has 0 aliphatic carbocycles. The Labute approximate surface area is 130 Å². The van der Waals surface area contributed by atoms with Crippen molar-refractivity contribution in [3.05, 3.63) is 24.3 Å². The highest BCUT2D eigenvalue weighted by Crippen LogP contribution is 2.28. The first-order valence-electron chi connectivity index (χ1n) is 6.66. The van der Waals surface area contributed by atoms with Gasteiger partial charge in [-0.25, -0.2) is 12.7 Å². The first kappa shape index (κ1) is 17.5. The molecule has 6 heteroatoms. The fourth-order valence-corrected chi connectivity index (χ4v) is 3.34. The van der Waals surface area contributed by atoms with E-state index in [1.54, 1.807) is 26.2 Å². The zero-order valence-corrected chi connectivity index (χ0v) is 14.9. The Hall–Kier alpha value is -0.590. The molecular formula is C14H23BrN2O2S. The Morgan fingerprint density at radius 2 is 1.80 bits per heavy atom. The van der Waals surface area contributed by atoms with Gasteiger partial charge in [-0.2, -0.15) is 0 Å². The summed E-state index contributed by atoms with van der Waals surface area (Å²) in [5.74, 6) is 0. The van der Waals surface area contributed by atoms with Crippen LogP contribution in [0.2, 0.25) is 0 Å². The van der Waals surface area contributed by atoms with Crippen LogP contribution in [0.5, 0.6) is 0 Å². The third-order valence-electron chi connectivity index (χ3n) is 3.09. The molecular weight excluding hydrogens is 340 g/mol. The van der Waals surface area contributed by atoms with Crippen LogP contribution in [0.25, 0.3) is 0 Å². The fraction of sp³-hybridized carbons (Fsp3) is 0.571. The maximum atomic E-state index is 12.4. The second-order valence-corrected chi connectivity index (χ2v) is 8.00. The largest absolute Gasteiger partial charge is 0.368 e. The Balaban J connectivity index is 3.30. The summed E-state index contributed by atoms with van der Waals surface area (Å²) in [4.78, 5) is 2.51. The number of rotatable bonds is 7. The van der Waals surface area contributed by atoms with Gasteiger partial charge in [0.15, 0.2) is 0 Å². The van der Waals surface area contributed by atoms with Gasteiger partial charge in [0.2, 0.25) is 10.0 Å². The van der Waals surface area contributed by atoms with E-state index in [4.69, 9.17) is 0 Å². The summed E-state index contributed by atoms with van der Waals surface area (Å²) in [5, 5.41) is 0.902. The minimum absolute atomic E-state index is 0.243. The molecule has 0 heterocycles. The number of hydrogen-bond donors (Lipinski definition) is 0. The molecule has 0 N–H and O–H groups in total. The molecule has 1 aromatic carbocycles. The zero-order valence-electron chi connectivity index (χ0n) is 12.5. The van der Waals surface area contributed by atoms with Crippen molar-refractivity contribution < 1.29 is 8.42 Å². The highest BCUT2D eigenvalue weighted by Gasteiger charge is 2.24. The topological polar surface area (TPSA) is 40.6 Å². The molecule has 0 unspecified atom stereocenters. The van der Waals surface area contributed by atoms with E-state index in [9.17, 15) is 8.42 Å². The lowest BCUT2D eigenvalue weighted by atomic mass is 10.2. The van der Waals surface area contributed by atoms with Crippen molar-refractivity contribution in [2.24, 2.45) is 0 Å². The molecule has 0 saturated carbocycles. The van der Waals surface area contributed by atoms with E-state index >= 15 is 0 Å². The molecule has 20 heavy (non-hydrogen) atoms. The van der Waals surface area contributed by atoms with Crippen LogP contribution < -0.4 is 4.90 Å². The molecule has 0 saturated heterocycles. The Morgan fingerprint density at radius 1 is 1.20 bits per heavy atom. The third-order valence-corrected chi connectivity index (χ3v) is 5.51. The van der Waals surface area contributed by atoms with Crippen LogP contribution in [-0.2, 0) is 10.0 Å². The number of benzene rings is 1. The van der Waals surface area contributed by atoms with Crippen LogP contribution in [0.15, 0.2) is 29.2 Å². The normalized spacial score (nSPS) is 12.2. The minimum Gasteiger partial charge on any atom is -0.368 e. The van der Waals surface area contributed by atoms with E-state index in [2.05, 4.69) is 34.7 Å². The molecule has 0 bridgehead atoms. The van der Waals surface area contributed by atoms with Gasteiger partial charge in [-0.1, -0.05) is 28.1 Å². The first-order chi connectivity index (χ1) is 9.32. The van der Waals surface area contributed by atoms with E-state index < -0.39 is 10.0 Å². The van der Waals surface area contributed by atoms with Crippen LogP contribution in [-0.4, -0.2) is 44.7 Å². The summed E-state index contributed by atoms with van der Waals surface area (Å²) < 4.78 is 26.1. The zero-order chi connectivity index (χ0) is 15.3. The standard InChI is InChI=1S/C14H23BrN2O2S/c1-12(2)17(11-7-10-15)13-8-5-6-9-14(13)20(18,19)16(3)4/h5-6,8-9,12H,7,10-11H2,1-4H3. The quantitative estimate of drug-likeness (QED) is 0.700. The highest BCUT2D eigenvalue weighted by molar-refractivity contribution is 9.09. The second kappa shape index (κ2) is 7.43. The van der Waals surface area contributed by atoms with Crippen molar-refractivity contribution in [2.75, 3.05) is 30.9 Å². The molecule has 1 aromatic rings. The van der Waals surface area contributed by atoms with Crippen LogP contribution in [0.4, 0.5) is 5.69 Å².